The van der Waals surface area contributed by atoms with E-state index >= 15 is 0 Å². The molecule has 2 aliphatic heterocycles. The molecule has 0 radical (unpaired) electrons. The van der Waals surface area contributed by atoms with Crippen molar-refractivity contribution in [2.45, 2.75) is 43.8 Å². The molecule has 4 rings (SSSR count). The lowest BCUT2D eigenvalue weighted by molar-refractivity contribution is -0.137. The number of carbonyl (C=O) groups is 1. The Kier molecular flexibility index (Phi) is 4.92. The maximum atomic E-state index is 13.2. The van der Waals surface area contributed by atoms with Crippen molar-refractivity contribution in [1.82, 2.24) is 4.98 Å². The Labute approximate surface area is 157 Å². The van der Waals surface area contributed by atoms with Crippen LogP contribution in [0.3, 0.4) is 0 Å². The van der Waals surface area contributed by atoms with Crippen molar-refractivity contribution in [2.24, 2.45) is 0 Å². The zero-order valence-corrected chi connectivity index (χ0v) is 15.0. The van der Waals surface area contributed by atoms with Gasteiger partial charge in [0.15, 0.2) is 5.13 Å². The first-order chi connectivity index (χ1) is 12.9. The van der Waals surface area contributed by atoms with E-state index in [1.54, 1.807) is 0 Å². The van der Waals surface area contributed by atoms with Gasteiger partial charge in [-0.25, -0.2) is 4.98 Å². The molecule has 27 heavy (non-hydrogen) atoms. The zero-order chi connectivity index (χ0) is 19.0. The van der Waals surface area contributed by atoms with Crippen LogP contribution >= 0.6 is 11.3 Å². The molecule has 2 fully saturated rings. The molecule has 1 N–H and O–H groups in total. The number of hydrogen-bond acceptors (Lipinski definition) is 5. The Bertz CT molecular complexity index is 827. The van der Waals surface area contributed by atoms with Crippen LogP contribution in [0.2, 0.25) is 0 Å². The molecule has 0 bridgehead atoms. The quantitative estimate of drug-likeness (QED) is 0.842. The molecule has 2 aromatic rings. The molecule has 0 saturated carbocycles. The molecule has 1 amide bonds. The molecular formula is C18H17F3N2O3S. The molecule has 2 saturated heterocycles. The van der Waals surface area contributed by atoms with E-state index in [0.29, 0.717) is 13.0 Å². The Balaban J connectivity index is 1.41. The van der Waals surface area contributed by atoms with Gasteiger partial charge in [-0.1, -0.05) is 18.2 Å². The number of nitrogens with zero attached hydrogens (tertiary/aromatic N) is 1. The van der Waals surface area contributed by atoms with E-state index in [0.717, 1.165) is 23.8 Å². The highest BCUT2D eigenvalue weighted by atomic mass is 32.1. The summed E-state index contributed by atoms with van der Waals surface area (Å²) < 4.78 is 50.8. The van der Waals surface area contributed by atoms with Gasteiger partial charge in [-0.15, -0.1) is 11.3 Å². The number of anilines is 1. The van der Waals surface area contributed by atoms with Gasteiger partial charge in [-0.2, -0.15) is 13.2 Å². The normalized spacial score (nSPS) is 24.8. The Morgan fingerprint density at radius 2 is 2.11 bits per heavy atom. The van der Waals surface area contributed by atoms with E-state index < -0.39 is 11.7 Å². The number of fused-ring (bicyclic) bond motifs is 1. The van der Waals surface area contributed by atoms with Gasteiger partial charge in [0.2, 0.25) is 5.91 Å². The third kappa shape index (κ3) is 3.99. The number of carbonyl (C=O) groups excluding carboxylic acids is 1. The van der Waals surface area contributed by atoms with Crippen LogP contribution in [0.15, 0.2) is 29.6 Å². The van der Waals surface area contributed by atoms with Crippen molar-refractivity contribution in [3.05, 3.63) is 35.2 Å². The van der Waals surface area contributed by atoms with Crippen LogP contribution in [0.4, 0.5) is 18.3 Å². The molecule has 3 heterocycles. The molecule has 3 unspecified atom stereocenters. The first-order valence-corrected chi connectivity index (χ1v) is 9.47. The number of benzene rings is 1. The summed E-state index contributed by atoms with van der Waals surface area (Å²) in [6, 6.07) is 5.25. The molecule has 3 atom stereocenters. The van der Waals surface area contributed by atoms with Gasteiger partial charge in [-0.05, 0) is 12.5 Å². The van der Waals surface area contributed by atoms with E-state index in [-0.39, 0.29) is 47.0 Å². The molecule has 0 aliphatic carbocycles. The molecule has 2 aliphatic rings. The summed E-state index contributed by atoms with van der Waals surface area (Å²) in [6.07, 6.45) is -2.85. The number of nitrogens with one attached hydrogen (secondary N) is 1. The summed E-state index contributed by atoms with van der Waals surface area (Å²) >= 11 is 1.09. The highest BCUT2D eigenvalue weighted by Gasteiger charge is 2.40. The minimum Gasteiger partial charge on any atom is -0.375 e. The fraction of sp³-hybridized carbons (Fsp3) is 0.444. The fourth-order valence-electron chi connectivity index (χ4n) is 3.48. The van der Waals surface area contributed by atoms with Crippen molar-refractivity contribution in [1.29, 1.82) is 0 Å². The van der Waals surface area contributed by atoms with Gasteiger partial charge in [0, 0.05) is 24.0 Å². The van der Waals surface area contributed by atoms with Crippen LogP contribution < -0.4 is 5.32 Å². The smallest absolute Gasteiger partial charge is 0.375 e. The molecule has 5 nitrogen and oxygen atoms in total. The number of amides is 1. The standard InChI is InChI=1S/C18H17F3N2O3S/c19-18(20,21)12-4-2-1-3-11(12)13-9-27-17(22-13)23-16(24)8-10-7-15-14(26-10)5-6-25-15/h1-4,9-10,14-15H,5-8H2,(H,22,23,24). The molecule has 9 heteroatoms. The van der Waals surface area contributed by atoms with Gasteiger partial charge in [-0.3, -0.25) is 4.79 Å². The van der Waals surface area contributed by atoms with Gasteiger partial charge in [0.05, 0.1) is 36.0 Å². The van der Waals surface area contributed by atoms with Crippen LogP contribution in [0.25, 0.3) is 11.3 Å². The van der Waals surface area contributed by atoms with E-state index in [9.17, 15) is 18.0 Å². The summed E-state index contributed by atoms with van der Waals surface area (Å²) in [5, 5.41) is 4.42. The van der Waals surface area contributed by atoms with Gasteiger partial charge >= 0.3 is 6.18 Å². The second kappa shape index (κ2) is 7.21. The number of aromatic nitrogens is 1. The maximum Gasteiger partial charge on any atom is 0.417 e. The van der Waals surface area contributed by atoms with Crippen LogP contribution in [-0.2, 0) is 20.4 Å². The number of alkyl halides is 3. The minimum absolute atomic E-state index is 0.00847. The highest BCUT2D eigenvalue weighted by molar-refractivity contribution is 7.14. The van der Waals surface area contributed by atoms with Crippen LogP contribution in [0, 0.1) is 0 Å². The van der Waals surface area contributed by atoms with E-state index in [2.05, 4.69) is 10.3 Å². The lowest BCUT2D eigenvalue weighted by Gasteiger charge is -2.11. The summed E-state index contributed by atoms with van der Waals surface area (Å²) in [4.78, 5) is 16.4. The lowest BCUT2D eigenvalue weighted by Crippen LogP contribution is -2.20. The first kappa shape index (κ1) is 18.4. The second-order valence-corrected chi connectivity index (χ2v) is 7.42. The highest BCUT2D eigenvalue weighted by Crippen LogP contribution is 2.38. The van der Waals surface area contributed by atoms with Gasteiger partial charge in [0.25, 0.3) is 0 Å². The minimum atomic E-state index is -4.47. The Morgan fingerprint density at radius 3 is 2.89 bits per heavy atom. The average Bonchev–Trinajstić information content (AvgIpc) is 3.30. The van der Waals surface area contributed by atoms with Crippen molar-refractivity contribution in [3.63, 3.8) is 0 Å². The summed E-state index contributed by atoms with van der Waals surface area (Å²) in [5.41, 5.74) is -0.576. The third-order valence-corrected chi connectivity index (χ3v) is 5.44. The van der Waals surface area contributed by atoms with Crippen molar-refractivity contribution in [2.75, 3.05) is 11.9 Å². The molecule has 1 aromatic heterocycles. The van der Waals surface area contributed by atoms with Gasteiger partial charge < -0.3 is 14.8 Å². The molecule has 144 valence electrons. The Morgan fingerprint density at radius 1 is 1.30 bits per heavy atom. The molecule has 0 spiro atoms. The topological polar surface area (TPSA) is 60.5 Å². The largest absolute Gasteiger partial charge is 0.417 e. The number of halogens is 3. The number of ether oxygens (including phenoxy) is 2. The van der Waals surface area contributed by atoms with E-state index in [4.69, 9.17) is 9.47 Å². The lowest BCUT2D eigenvalue weighted by atomic mass is 10.1. The summed E-state index contributed by atoms with van der Waals surface area (Å²) in [7, 11) is 0. The predicted molar refractivity (Wildman–Crippen MR) is 93.4 cm³/mol. The van der Waals surface area contributed by atoms with Gasteiger partial charge in [0.1, 0.15) is 0 Å². The molecular weight excluding hydrogens is 381 g/mol. The van der Waals surface area contributed by atoms with Crippen LogP contribution in [0.1, 0.15) is 24.8 Å². The second-order valence-electron chi connectivity index (χ2n) is 6.56. The zero-order valence-electron chi connectivity index (χ0n) is 14.2. The van der Waals surface area contributed by atoms with E-state index in [1.807, 2.05) is 0 Å². The fourth-order valence-corrected chi connectivity index (χ4v) is 4.21. The van der Waals surface area contributed by atoms with Crippen molar-refractivity contribution >= 4 is 22.4 Å². The van der Waals surface area contributed by atoms with E-state index in [1.165, 1.54) is 23.6 Å². The SMILES string of the molecule is O=C(CC1CC2OCCC2O1)Nc1nc(-c2ccccc2C(F)(F)F)cs1. The predicted octanol–water partition coefficient (Wildman–Crippen LogP) is 4.10. The van der Waals surface area contributed by atoms with Crippen molar-refractivity contribution < 1.29 is 27.4 Å². The molecule has 1 aromatic carbocycles. The average molecular weight is 398 g/mol. The van der Waals surface area contributed by atoms with Crippen LogP contribution in [0.5, 0.6) is 0 Å². The monoisotopic (exact) mass is 398 g/mol. The third-order valence-electron chi connectivity index (χ3n) is 4.68. The van der Waals surface area contributed by atoms with Crippen LogP contribution in [-0.4, -0.2) is 35.8 Å². The Hall–Kier alpha value is -1.97. The first-order valence-electron chi connectivity index (χ1n) is 8.59. The maximum absolute atomic E-state index is 13.2. The summed E-state index contributed by atoms with van der Waals surface area (Å²) in [5.74, 6) is -0.273. The summed E-state index contributed by atoms with van der Waals surface area (Å²) in [6.45, 7) is 0.690. The van der Waals surface area contributed by atoms with Crippen molar-refractivity contribution in [3.8, 4) is 11.3 Å². The number of hydrogen-bond donors (Lipinski definition) is 1. The number of rotatable bonds is 4. The number of thiazole rings is 1.